The summed E-state index contributed by atoms with van der Waals surface area (Å²) in [6.07, 6.45) is 0.289. The molecule has 3 N–H and O–H groups in total. The predicted molar refractivity (Wildman–Crippen MR) is 92.6 cm³/mol. The Morgan fingerprint density at radius 3 is 2.74 bits per heavy atom. The lowest BCUT2D eigenvalue weighted by atomic mass is 10.2. The molecule has 1 atom stereocenters. The first-order valence-corrected chi connectivity index (χ1v) is 8.07. The van der Waals surface area contributed by atoms with Gasteiger partial charge in [-0.25, -0.2) is 0 Å². The minimum Gasteiger partial charge on any atom is -0.389 e. The van der Waals surface area contributed by atoms with Crippen LogP contribution >= 0.6 is 0 Å². The summed E-state index contributed by atoms with van der Waals surface area (Å²) in [4.78, 5) is 4.36. The quantitative estimate of drug-likeness (QED) is 0.324. The van der Waals surface area contributed by atoms with Crippen LogP contribution in [0.25, 0.3) is 0 Å². The first-order chi connectivity index (χ1) is 11.3. The number of aliphatic hydroxyl groups excluding tert-OH is 1. The number of hydrogen-bond acceptors (Lipinski definition) is 4. The average Bonchev–Trinajstić information content (AvgIpc) is 2.57. The molecule has 0 saturated carbocycles. The number of benzene rings is 1. The third-order valence-corrected chi connectivity index (χ3v) is 3.04. The molecule has 1 aromatic rings. The van der Waals surface area contributed by atoms with Crippen molar-refractivity contribution in [3.63, 3.8) is 0 Å². The number of rotatable bonds is 11. The lowest BCUT2D eigenvalue weighted by Crippen LogP contribution is -2.38. The standard InChI is InChI=1S/C17H29N3O3/c1-3-18-17(19-10-7-11-22-2)20-12-16(21)14-23-13-15-8-5-4-6-9-15/h4-6,8-9,16,21H,3,7,10-14H2,1-2H3,(H2,18,19,20). The van der Waals surface area contributed by atoms with Gasteiger partial charge in [-0.05, 0) is 18.9 Å². The van der Waals surface area contributed by atoms with E-state index in [1.165, 1.54) is 0 Å². The molecule has 1 unspecified atom stereocenters. The number of hydrogen-bond donors (Lipinski definition) is 3. The largest absolute Gasteiger partial charge is 0.389 e. The summed E-state index contributed by atoms with van der Waals surface area (Å²) in [6.45, 7) is 5.33. The lowest BCUT2D eigenvalue weighted by Gasteiger charge is -2.13. The van der Waals surface area contributed by atoms with Crippen LogP contribution in [-0.2, 0) is 16.1 Å². The fourth-order valence-corrected chi connectivity index (χ4v) is 1.90. The van der Waals surface area contributed by atoms with Crippen LogP contribution in [0.4, 0.5) is 0 Å². The molecule has 0 radical (unpaired) electrons. The van der Waals surface area contributed by atoms with E-state index in [-0.39, 0.29) is 6.61 Å². The molecular formula is C17H29N3O3. The Labute approximate surface area is 138 Å². The van der Waals surface area contributed by atoms with E-state index in [9.17, 15) is 5.11 Å². The second-order valence-electron chi connectivity index (χ2n) is 5.15. The van der Waals surface area contributed by atoms with Crippen molar-refractivity contribution >= 4 is 5.96 Å². The van der Waals surface area contributed by atoms with Gasteiger partial charge in [-0.1, -0.05) is 30.3 Å². The van der Waals surface area contributed by atoms with Crippen LogP contribution < -0.4 is 10.6 Å². The Balaban J connectivity index is 2.24. The highest BCUT2D eigenvalue weighted by Crippen LogP contribution is 2.01. The number of ether oxygens (including phenoxy) is 2. The van der Waals surface area contributed by atoms with E-state index in [0.29, 0.717) is 25.7 Å². The van der Waals surface area contributed by atoms with Crippen molar-refractivity contribution in [2.45, 2.75) is 26.1 Å². The van der Waals surface area contributed by atoms with Crippen molar-refractivity contribution in [3.05, 3.63) is 35.9 Å². The fourth-order valence-electron chi connectivity index (χ4n) is 1.90. The van der Waals surface area contributed by atoms with E-state index in [1.54, 1.807) is 7.11 Å². The molecule has 0 saturated heterocycles. The predicted octanol–water partition coefficient (Wildman–Crippen LogP) is 1.16. The maximum atomic E-state index is 9.95. The van der Waals surface area contributed by atoms with Gasteiger partial charge in [0.1, 0.15) is 0 Å². The van der Waals surface area contributed by atoms with Crippen LogP contribution in [0.15, 0.2) is 35.3 Å². The van der Waals surface area contributed by atoms with Crippen molar-refractivity contribution in [1.82, 2.24) is 10.6 Å². The Hall–Kier alpha value is -1.63. The van der Waals surface area contributed by atoms with Crippen molar-refractivity contribution in [3.8, 4) is 0 Å². The van der Waals surface area contributed by atoms with Crippen LogP contribution in [0.5, 0.6) is 0 Å². The molecule has 6 nitrogen and oxygen atoms in total. The summed E-state index contributed by atoms with van der Waals surface area (Å²) in [6, 6.07) is 9.90. The van der Waals surface area contributed by atoms with Gasteiger partial charge >= 0.3 is 0 Å². The van der Waals surface area contributed by atoms with Gasteiger partial charge in [0, 0.05) is 26.8 Å². The zero-order valence-corrected chi connectivity index (χ0v) is 14.1. The second-order valence-corrected chi connectivity index (χ2v) is 5.15. The molecule has 0 aliphatic heterocycles. The van der Waals surface area contributed by atoms with Crippen molar-refractivity contribution in [1.29, 1.82) is 0 Å². The maximum absolute atomic E-state index is 9.95. The maximum Gasteiger partial charge on any atom is 0.191 e. The van der Waals surface area contributed by atoms with Crippen LogP contribution in [0, 0.1) is 0 Å². The summed E-state index contributed by atoms with van der Waals surface area (Å²) >= 11 is 0. The minimum absolute atomic E-state index is 0.265. The smallest absolute Gasteiger partial charge is 0.191 e. The highest BCUT2D eigenvalue weighted by atomic mass is 16.5. The van der Waals surface area contributed by atoms with E-state index in [1.807, 2.05) is 37.3 Å². The number of nitrogens with one attached hydrogen (secondary N) is 2. The molecule has 0 heterocycles. The Morgan fingerprint density at radius 2 is 2.04 bits per heavy atom. The highest BCUT2D eigenvalue weighted by Gasteiger charge is 2.05. The van der Waals surface area contributed by atoms with Crippen LogP contribution in [0.2, 0.25) is 0 Å². The van der Waals surface area contributed by atoms with Crippen molar-refractivity contribution < 1.29 is 14.6 Å². The second kappa shape index (κ2) is 12.9. The van der Waals surface area contributed by atoms with Crippen molar-refractivity contribution in [2.75, 3.05) is 40.0 Å². The first-order valence-electron chi connectivity index (χ1n) is 8.07. The van der Waals surface area contributed by atoms with E-state index in [0.717, 1.165) is 25.1 Å². The third-order valence-electron chi connectivity index (χ3n) is 3.04. The summed E-state index contributed by atoms with van der Waals surface area (Å²) in [5.74, 6) is 0.700. The molecule has 1 rings (SSSR count). The number of aliphatic hydroxyl groups is 1. The van der Waals surface area contributed by atoms with Gasteiger partial charge in [0.15, 0.2) is 5.96 Å². The summed E-state index contributed by atoms with van der Waals surface area (Å²) in [5, 5.41) is 16.3. The number of methoxy groups -OCH3 is 1. The average molecular weight is 323 g/mol. The Morgan fingerprint density at radius 1 is 1.26 bits per heavy atom. The molecule has 6 heteroatoms. The topological polar surface area (TPSA) is 75.1 Å². The van der Waals surface area contributed by atoms with Gasteiger partial charge in [-0.15, -0.1) is 0 Å². The lowest BCUT2D eigenvalue weighted by molar-refractivity contribution is 0.0331. The SMILES string of the molecule is CCNC(=NCC(O)COCc1ccccc1)NCCCOC. The summed E-state index contributed by atoms with van der Waals surface area (Å²) in [5.41, 5.74) is 1.09. The molecule has 1 aromatic carbocycles. The third kappa shape index (κ3) is 9.89. The zero-order chi connectivity index (χ0) is 16.8. The van der Waals surface area contributed by atoms with Gasteiger partial charge in [0.05, 0.1) is 25.9 Å². The minimum atomic E-state index is -0.617. The van der Waals surface area contributed by atoms with Gasteiger partial charge in [0.25, 0.3) is 0 Å². The van der Waals surface area contributed by atoms with Crippen molar-refractivity contribution in [2.24, 2.45) is 4.99 Å². The monoisotopic (exact) mass is 323 g/mol. The van der Waals surface area contributed by atoms with Crippen LogP contribution in [0.3, 0.4) is 0 Å². The molecule has 0 fully saturated rings. The molecule has 23 heavy (non-hydrogen) atoms. The zero-order valence-electron chi connectivity index (χ0n) is 14.1. The molecular weight excluding hydrogens is 294 g/mol. The van der Waals surface area contributed by atoms with Gasteiger partial charge in [-0.3, -0.25) is 4.99 Å². The van der Waals surface area contributed by atoms with E-state index in [4.69, 9.17) is 9.47 Å². The van der Waals surface area contributed by atoms with E-state index < -0.39 is 6.10 Å². The molecule has 0 aromatic heterocycles. The summed E-state index contributed by atoms with van der Waals surface area (Å²) in [7, 11) is 1.69. The van der Waals surface area contributed by atoms with E-state index >= 15 is 0 Å². The summed E-state index contributed by atoms with van der Waals surface area (Å²) < 4.78 is 10.5. The molecule has 0 bridgehead atoms. The Kier molecular flexibility index (Phi) is 10.9. The van der Waals surface area contributed by atoms with Gasteiger partial charge in [-0.2, -0.15) is 0 Å². The fraction of sp³-hybridized carbons (Fsp3) is 0.588. The number of aliphatic imine (C=N–C) groups is 1. The molecule has 130 valence electrons. The molecule has 0 spiro atoms. The van der Waals surface area contributed by atoms with Gasteiger partial charge in [0.2, 0.25) is 0 Å². The molecule has 0 aliphatic carbocycles. The van der Waals surface area contributed by atoms with Crippen LogP contribution in [-0.4, -0.2) is 57.1 Å². The Bertz CT molecular complexity index is 426. The van der Waals surface area contributed by atoms with Crippen LogP contribution in [0.1, 0.15) is 18.9 Å². The normalized spacial score (nSPS) is 12.9. The van der Waals surface area contributed by atoms with Gasteiger partial charge < -0.3 is 25.2 Å². The molecule has 0 amide bonds. The first kappa shape index (κ1) is 19.4. The van der Waals surface area contributed by atoms with E-state index in [2.05, 4.69) is 15.6 Å². The highest BCUT2D eigenvalue weighted by molar-refractivity contribution is 5.79. The number of nitrogens with zero attached hydrogens (tertiary/aromatic N) is 1. The number of guanidine groups is 1. The molecule has 0 aliphatic rings.